The Balaban J connectivity index is 2.28. The molecule has 0 N–H and O–H groups in total. The summed E-state index contributed by atoms with van der Waals surface area (Å²) in [5.74, 6) is -0.666. The Morgan fingerprint density at radius 3 is 2.75 bits per heavy atom. The highest BCUT2D eigenvalue weighted by Gasteiger charge is 2.31. The summed E-state index contributed by atoms with van der Waals surface area (Å²) in [6, 6.07) is 3.84. The van der Waals surface area contributed by atoms with Crippen molar-refractivity contribution in [1.82, 2.24) is 0 Å². The molecule has 0 aliphatic carbocycles. The summed E-state index contributed by atoms with van der Waals surface area (Å²) in [4.78, 5) is 14.1. The van der Waals surface area contributed by atoms with E-state index >= 15 is 0 Å². The standard InChI is InChI=1S/C14H17ClFNO3/c1-9(2)17(12-4-3-10(16)7-11(12)15)14(18)13-8-19-5-6-20-13/h3-4,7,9,13H,5-6,8H2,1-2H3. The summed E-state index contributed by atoms with van der Waals surface area (Å²) in [5, 5.41) is 0.198. The van der Waals surface area contributed by atoms with Gasteiger partial charge in [0.05, 0.1) is 30.5 Å². The Kier molecular flexibility index (Phi) is 4.96. The Labute approximate surface area is 122 Å². The molecule has 2 rings (SSSR count). The van der Waals surface area contributed by atoms with E-state index in [4.69, 9.17) is 21.1 Å². The highest BCUT2D eigenvalue weighted by molar-refractivity contribution is 6.33. The molecular formula is C14H17ClFNO3. The number of rotatable bonds is 3. The molecule has 1 unspecified atom stereocenters. The van der Waals surface area contributed by atoms with Crippen molar-refractivity contribution in [1.29, 1.82) is 0 Å². The van der Waals surface area contributed by atoms with E-state index in [1.54, 1.807) is 0 Å². The normalized spacial score (nSPS) is 19.1. The van der Waals surface area contributed by atoms with Crippen LogP contribution in [-0.4, -0.2) is 37.9 Å². The van der Waals surface area contributed by atoms with Crippen LogP contribution in [0, 0.1) is 5.82 Å². The van der Waals surface area contributed by atoms with Crippen LogP contribution in [0.3, 0.4) is 0 Å². The molecule has 0 bridgehead atoms. The van der Waals surface area contributed by atoms with E-state index in [0.717, 1.165) is 0 Å². The molecule has 1 fully saturated rings. The van der Waals surface area contributed by atoms with E-state index in [2.05, 4.69) is 0 Å². The fourth-order valence-corrected chi connectivity index (χ4v) is 2.37. The zero-order chi connectivity index (χ0) is 14.7. The van der Waals surface area contributed by atoms with Crippen molar-refractivity contribution in [2.45, 2.75) is 26.0 Å². The first-order chi connectivity index (χ1) is 9.50. The fraction of sp³-hybridized carbons (Fsp3) is 0.500. The van der Waals surface area contributed by atoms with Crippen LogP contribution in [0.15, 0.2) is 18.2 Å². The lowest BCUT2D eigenvalue weighted by Gasteiger charge is -2.32. The molecule has 6 heteroatoms. The molecule has 1 amide bonds. The van der Waals surface area contributed by atoms with Crippen molar-refractivity contribution in [3.8, 4) is 0 Å². The van der Waals surface area contributed by atoms with E-state index in [1.165, 1.54) is 23.1 Å². The van der Waals surface area contributed by atoms with Crippen molar-refractivity contribution >= 4 is 23.2 Å². The summed E-state index contributed by atoms with van der Waals surface area (Å²) in [6.07, 6.45) is -0.646. The number of nitrogens with zero attached hydrogens (tertiary/aromatic N) is 1. The molecule has 0 aromatic heterocycles. The van der Waals surface area contributed by atoms with Crippen LogP contribution in [0.1, 0.15) is 13.8 Å². The smallest absolute Gasteiger partial charge is 0.258 e. The van der Waals surface area contributed by atoms with Crippen molar-refractivity contribution in [3.63, 3.8) is 0 Å². The summed E-state index contributed by atoms with van der Waals surface area (Å²) >= 11 is 6.05. The van der Waals surface area contributed by atoms with Gasteiger partial charge in [-0.05, 0) is 32.0 Å². The van der Waals surface area contributed by atoms with E-state index < -0.39 is 11.9 Å². The highest BCUT2D eigenvalue weighted by atomic mass is 35.5. The molecule has 1 saturated heterocycles. The lowest BCUT2D eigenvalue weighted by Crippen LogP contribution is -2.48. The third-order valence-electron chi connectivity index (χ3n) is 3.01. The van der Waals surface area contributed by atoms with Crippen LogP contribution in [0.25, 0.3) is 0 Å². The SMILES string of the molecule is CC(C)N(C(=O)C1COCCO1)c1ccc(F)cc1Cl. The average molecular weight is 302 g/mol. The zero-order valence-corrected chi connectivity index (χ0v) is 12.2. The Bertz CT molecular complexity index is 489. The van der Waals surface area contributed by atoms with Crippen LogP contribution in [-0.2, 0) is 14.3 Å². The van der Waals surface area contributed by atoms with Gasteiger partial charge in [0, 0.05) is 6.04 Å². The van der Waals surface area contributed by atoms with Crippen LogP contribution >= 0.6 is 11.6 Å². The molecule has 4 nitrogen and oxygen atoms in total. The van der Waals surface area contributed by atoms with Gasteiger partial charge in [-0.2, -0.15) is 0 Å². The minimum atomic E-state index is -0.646. The predicted molar refractivity (Wildman–Crippen MR) is 74.6 cm³/mol. The van der Waals surface area contributed by atoms with Crippen molar-refractivity contribution in [2.75, 3.05) is 24.7 Å². The van der Waals surface area contributed by atoms with Gasteiger partial charge in [-0.15, -0.1) is 0 Å². The van der Waals surface area contributed by atoms with Gasteiger partial charge in [-0.1, -0.05) is 11.6 Å². The number of anilines is 1. The monoisotopic (exact) mass is 301 g/mol. The minimum absolute atomic E-state index is 0.129. The Morgan fingerprint density at radius 2 is 2.20 bits per heavy atom. The largest absolute Gasteiger partial charge is 0.376 e. The van der Waals surface area contributed by atoms with Gasteiger partial charge in [-0.3, -0.25) is 4.79 Å². The Hall–Kier alpha value is -1.17. The molecule has 110 valence electrons. The fourth-order valence-electron chi connectivity index (χ4n) is 2.11. The molecule has 1 atom stereocenters. The van der Waals surface area contributed by atoms with E-state index in [1.807, 2.05) is 13.8 Å². The zero-order valence-electron chi connectivity index (χ0n) is 11.4. The number of hydrogen-bond donors (Lipinski definition) is 0. The third kappa shape index (κ3) is 3.29. The lowest BCUT2D eigenvalue weighted by molar-refractivity contribution is -0.145. The number of hydrogen-bond acceptors (Lipinski definition) is 3. The maximum absolute atomic E-state index is 13.1. The summed E-state index contributed by atoms with van der Waals surface area (Å²) in [7, 11) is 0. The predicted octanol–water partition coefficient (Wildman–Crippen LogP) is 2.64. The van der Waals surface area contributed by atoms with Gasteiger partial charge in [0.2, 0.25) is 0 Å². The van der Waals surface area contributed by atoms with E-state index in [-0.39, 0.29) is 23.6 Å². The summed E-state index contributed by atoms with van der Waals surface area (Å²) in [6.45, 7) is 4.83. The number of carbonyl (C=O) groups is 1. The number of amides is 1. The van der Waals surface area contributed by atoms with Crippen molar-refractivity contribution in [2.24, 2.45) is 0 Å². The van der Waals surface area contributed by atoms with Crippen LogP contribution in [0.2, 0.25) is 5.02 Å². The minimum Gasteiger partial charge on any atom is -0.376 e. The van der Waals surface area contributed by atoms with Crippen LogP contribution < -0.4 is 4.90 Å². The van der Waals surface area contributed by atoms with Crippen molar-refractivity contribution in [3.05, 3.63) is 29.0 Å². The molecule has 0 radical (unpaired) electrons. The molecule has 20 heavy (non-hydrogen) atoms. The van der Waals surface area contributed by atoms with Crippen LogP contribution in [0.5, 0.6) is 0 Å². The molecule has 1 aromatic rings. The molecule has 1 aromatic carbocycles. The second kappa shape index (κ2) is 6.52. The van der Waals surface area contributed by atoms with Gasteiger partial charge in [0.15, 0.2) is 6.10 Å². The van der Waals surface area contributed by atoms with Gasteiger partial charge in [-0.25, -0.2) is 4.39 Å². The van der Waals surface area contributed by atoms with Gasteiger partial charge in [0.1, 0.15) is 5.82 Å². The topological polar surface area (TPSA) is 38.8 Å². The molecular weight excluding hydrogens is 285 g/mol. The second-order valence-corrected chi connectivity index (χ2v) is 5.24. The molecule has 0 spiro atoms. The summed E-state index contributed by atoms with van der Waals surface area (Å²) < 4.78 is 23.8. The van der Waals surface area contributed by atoms with Gasteiger partial charge < -0.3 is 14.4 Å². The number of ether oxygens (including phenoxy) is 2. The second-order valence-electron chi connectivity index (χ2n) is 4.83. The van der Waals surface area contributed by atoms with Gasteiger partial charge in [0.25, 0.3) is 5.91 Å². The van der Waals surface area contributed by atoms with E-state index in [0.29, 0.717) is 18.9 Å². The lowest BCUT2D eigenvalue weighted by atomic mass is 10.2. The quantitative estimate of drug-likeness (QED) is 0.861. The first-order valence-corrected chi connectivity index (χ1v) is 6.86. The van der Waals surface area contributed by atoms with Crippen molar-refractivity contribution < 1.29 is 18.7 Å². The maximum Gasteiger partial charge on any atom is 0.258 e. The average Bonchev–Trinajstić information content (AvgIpc) is 2.42. The third-order valence-corrected chi connectivity index (χ3v) is 3.32. The van der Waals surface area contributed by atoms with E-state index in [9.17, 15) is 9.18 Å². The first kappa shape index (κ1) is 15.2. The molecule has 1 heterocycles. The first-order valence-electron chi connectivity index (χ1n) is 6.48. The number of carbonyl (C=O) groups excluding carboxylic acids is 1. The molecule has 1 aliphatic heterocycles. The highest BCUT2D eigenvalue weighted by Crippen LogP contribution is 2.29. The molecule has 1 aliphatic rings. The Morgan fingerprint density at radius 1 is 1.45 bits per heavy atom. The number of benzene rings is 1. The maximum atomic E-state index is 13.1. The number of halogens is 2. The summed E-state index contributed by atoms with van der Waals surface area (Å²) in [5.41, 5.74) is 0.474. The van der Waals surface area contributed by atoms with Crippen LogP contribution in [0.4, 0.5) is 10.1 Å². The van der Waals surface area contributed by atoms with Gasteiger partial charge >= 0.3 is 0 Å². The molecule has 0 saturated carbocycles.